The normalized spacial score (nSPS) is 18.4. The summed E-state index contributed by atoms with van der Waals surface area (Å²) in [5.74, 6) is -1.41. The van der Waals surface area contributed by atoms with Gasteiger partial charge in [-0.3, -0.25) is 19.7 Å². The number of benzene rings is 1. The maximum absolute atomic E-state index is 12.9. The summed E-state index contributed by atoms with van der Waals surface area (Å²) in [4.78, 5) is 37.8. The Morgan fingerprint density at radius 1 is 1.29 bits per heavy atom. The van der Waals surface area contributed by atoms with Crippen molar-refractivity contribution in [1.29, 1.82) is 0 Å². The van der Waals surface area contributed by atoms with Crippen LogP contribution in [0, 0.1) is 0 Å². The predicted octanol–water partition coefficient (Wildman–Crippen LogP) is 2.00. The molecule has 0 aromatic heterocycles. The minimum atomic E-state index is -0.922. The van der Waals surface area contributed by atoms with Gasteiger partial charge in [-0.2, -0.15) is 0 Å². The number of carboxylic acid groups (broad SMARTS) is 1. The van der Waals surface area contributed by atoms with Crippen molar-refractivity contribution in [3.63, 3.8) is 0 Å². The topological polar surface area (TPSA) is 95.9 Å². The largest absolute Gasteiger partial charge is 0.481 e. The molecule has 7 nitrogen and oxygen atoms in total. The standard InChI is InChI=1S/C21H30N2O5/c1-2-28-21(27)18(12-11-16-8-4-3-5-9-16)22-17-10-6-7-14-23(20(17)26)15-13-19(24)25/h3-5,8-9,17-18,22H,2,6-7,10-15H2,1H3,(H,24,25). The Bertz CT molecular complexity index is 649. The van der Waals surface area contributed by atoms with Crippen LogP contribution in [0.15, 0.2) is 30.3 Å². The summed E-state index contributed by atoms with van der Waals surface area (Å²) < 4.78 is 5.20. The zero-order valence-electron chi connectivity index (χ0n) is 16.4. The highest BCUT2D eigenvalue weighted by Gasteiger charge is 2.31. The molecule has 2 rings (SSSR count). The van der Waals surface area contributed by atoms with Crippen molar-refractivity contribution in [2.45, 2.75) is 57.5 Å². The van der Waals surface area contributed by atoms with Gasteiger partial charge in [-0.05, 0) is 44.6 Å². The van der Waals surface area contributed by atoms with Crippen molar-refractivity contribution in [3.05, 3.63) is 35.9 Å². The highest BCUT2D eigenvalue weighted by molar-refractivity contribution is 5.84. The molecule has 2 atom stereocenters. The van der Waals surface area contributed by atoms with E-state index < -0.39 is 18.1 Å². The number of likely N-dealkylation sites (tertiary alicyclic amines) is 1. The molecule has 1 aromatic carbocycles. The Kier molecular flexibility index (Phi) is 8.94. The second kappa shape index (κ2) is 11.4. The van der Waals surface area contributed by atoms with Gasteiger partial charge in [-0.15, -0.1) is 0 Å². The zero-order chi connectivity index (χ0) is 20.4. The Labute approximate surface area is 166 Å². The van der Waals surface area contributed by atoms with Crippen molar-refractivity contribution in [1.82, 2.24) is 10.2 Å². The van der Waals surface area contributed by atoms with Gasteiger partial charge in [0, 0.05) is 13.1 Å². The van der Waals surface area contributed by atoms with Crippen molar-refractivity contribution in [2.24, 2.45) is 0 Å². The summed E-state index contributed by atoms with van der Waals surface area (Å²) in [6, 6.07) is 8.80. The van der Waals surface area contributed by atoms with E-state index in [1.807, 2.05) is 30.3 Å². The number of carbonyl (C=O) groups excluding carboxylic acids is 2. The van der Waals surface area contributed by atoms with Crippen molar-refractivity contribution in [3.8, 4) is 0 Å². The number of hydrogen-bond donors (Lipinski definition) is 2. The average Bonchev–Trinajstić information content (AvgIpc) is 2.85. The third kappa shape index (κ3) is 6.96. The van der Waals surface area contributed by atoms with E-state index in [1.165, 1.54) is 0 Å². The molecule has 1 fully saturated rings. The Balaban J connectivity index is 2.03. The van der Waals surface area contributed by atoms with E-state index >= 15 is 0 Å². The van der Waals surface area contributed by atoms with Crippen molar-refractivity contribution >= 4 is 17.8 Å². The number of aryl methyl sites for hydroxylation is 1. The van der Waals surface area contributed by atoms with Crippen LogP contribution < -0.4 is 5.32 Å². The number of nitrogens with one attached hydrogen (secondary N) is 1. The number of carboxylic acids is 1. The van der Waals surface area contributed by atoms with Crippen LogP contribution in [0.3, 0.4) is 0 Å². The summed E-state index contributed by atoms with van der Waals surface area (Å²) in [6.45, 7) is 2.79. The number of nitrogens with zero attached hydrogens (tertiary/aromatic N) is 1. The number of rotatable bonds is 10. The molecule has 1 aliphatic rings. The van der Waals surface area contributed by atoms with Crippen molar-refractivity contribution in [2.75, 3.05) is 19.7 Å². The molecule has 7 heteroatoms. The number of carbonyl (C=O) groups is 3. The van der Waals surface area contributed by atoms with E-state index in [0.29, 0.717) is 25.8 Å². The molecular weight excluding hydrogens is 360 g/mol. The average molecular weight is 390 g/mol. The Morgan fingerprint density at radius 3 is 2.71 bits per heavy atom. The molecule has 154 valence electrons. The van der Waals surface area contributed by atoms with Gasteiger partial charge in [0.1, 0.15) is 6.04 Å². The van der Waals surface area contributed by atoms with Gasteiger partial charge in [0.25, 0.3) is 0 Å². The molecule has 2 unspecified atom stereocenters. The van der Waals surface area contributed by atoms with E-state index in [-0.39, 0.29) is 31.4 Å². The third-order valence-electron chi connectivity index (χ3n) is 4.91. The number of esters is 1. The van der Waals surface area contributed by atoms with Crippen LogP contribution in [0.4, 0.5) is 0 Å². The van der Waals surface area contributed by atoms with Gasteiger partial charge in [0.05, 0.1) is 19.1 Å². The first-order valence-corrected chi connectivity index (χ1v) is 9.98. The fraction of sp³-hybridized carbons (Fsp3) is 0.571. The molecule has 1 amide bonds. The molecule has 2 N–H and O–H groups in total. The maximum atomic E-state index is 12.9. The molecule has 0 radical (unpaired) electrons. The third-order valence-corrected chi connectivity index (χ3v) is 4.91. The first-order valence-electron chi connectivity index (χ1n) is 9.98. The molecule has 0 bridgehead atoms. The lowest BCUT2D eigenvalue weighted by atomic mass is 10.0. The fourth-order valence-corrected chi connectivity index (χ4v) is 3.42. The summed E-state index contributed by atoms with van der Waals surface area (Å²) in [5, 5.41) is 12.1. The first kappa shape index (κ1) is 21.9. The lowest BCUT2D eigenvalue weighted by molar-refractivity contribution is -0.146. The van der Waals surface area contributed by atoms with Gasteiger partial charge in [-0.25, -0.2) is 0 Å². The van der Waals surface area contributed by atoms with Crippen molar-refractivity contribution < 1.29 is 24.2 Å². The van der Waals surface area contributed by atoms with Gasteiger partial charge in [0.15, 0.2) is 0 Å². The monoisotopic (exact) mass is 390 g/mol. The summed E-state index contributed by atoms with van der Waals surface area (Å²) >= 11 is 0. The van der Waals surface area contributed by atoms with E-state index in [2.05, 4.69) is 5.32 Å². The van der Waals surface area contributed by atoms with Crippen LogP contribution in [-0.4, -0.2) is 59.6 Å². The molecule has 1 aromatic rings. The zero-order valence-corrected chi connectivity index (χ0v) is 16.4. The molecular formula is C21H30N2O5. The van der Waals surface area contributed by atoms with Gasteiger partial charge < -0.3 is 14.7 Å². The van der Waals surface area contributed by atoms with Crippen LogP contribution in [0.2, 0.25) is 0 Å². The molecule has 1 heterocycles. The van der Waals surface area contributed by atoms with Gasteiger partial charge >= 0.3 is 11.9 Å². The van der Waals surface area contributed by atoms with Crippen LogP contribution >= 0.6 is 0 Å². The minimum Gasteiger partial charge on any atom is -0.481 e. The lowest BCUT2D eigenvalue weighted by Crippen LogP contribution is -2.52. The smallest absolute Gasteiger partial charge is 0.323 e. The highest BCUT2D eigenvalue weighted by atomic mass is 16.5. The molecule has 1 saturated heterocycles. The number of ether oxygens (including phenoxy) is 1. The molecule has 0 aliphatic carbocycles. The van der Waals surface area contributed by atoms with Crippen LogP contribution in [0.25, 0.3) is 0 Å². The molecule has 0 saturated carbocycles. The highest BCUT2D eigenvalue weighted by Crippen LogP contribution is 2.15. The SMILES string of the molecule is CCOC(=O)C(CCc1ccccc1)NC1CCCCN(CCC(=O)O)C1=O. The summed E-state index contributed by atoms with van der Waals surface area (Å²) in [6.07, 6.45) is 3.46. The second-order valence-corrected chi connectivity index (χ2v) is 7.01. The first-order chi connectivity index (χ1) is 13.5. The van der Waals surface area contributed by atoms with Crippen LogP contribution in [0.1, 0.15) is 44.6 Å². The van der Waals surface area contributed by atoms with E-state index in [1.54, 1.807) is 11.8 Å². The number of aliphatic carboxylic acids is 1. The molecule has 0 spiro atoms. The van der Waals surface area contributed by atoms with E-state index in [4.69, 9.17) is 9.84 Å². The number of amides is 1. The Morgan fingerprint density at radius 2 is 2.04 bits per heavy atom. The fourth-order valence-electron chi connectivity index (χ4n) is 3.42. The summed E-state index contributed by atoms with van der Waals surface area (Å²) in [5.41, 5.74) is 1.12. The predicted molar refractivity (Wildman–Crippen MR) is 105 cm³/mol. The second-order valence-electron chi connectivity index (χ2n) is 7.01. The van der Waals surface area contributed by atoms with Crippen LogP contribution in [-0.2, 0) is 25.5 Å². The van der Waals surface area contributed by atoms with Gasteiger partial charge in [-0.1, -0.05) is 30.3 Å². The van der Waals surface area contributed by atoms with Crippen LogP contribution in [0.5, 0.6) is 0 Å². The summed E-state index contributed by atoms with van der Waals surface area (Å²) in [7, 11) is 0. The van der Waals surface area contributed by atoms with Gasteiger partial charge in [0.2, 0.25) is 5.91 Å². The van der Waals surface area contributed by atoms with E-state index in [9.17, 15) is 14.4 Å². The van der Waals surface area contributed by atoms with E-state index in [0.717, 1.165) is 18.4 Å². The Hall–Kier alpha value is -2.41. The number of hydrogen-bond acceptors (Lipinski definition) is 5. The maximum Gasteiger partial charge on any atom is 0.323 e. The minimum absolute atomic E-state index is 0.0756. The quantitative estimate of drug-likeness (QED) is 0.593. The molecule has 1 aliphatic heterocycles. The lowest BCUT2D eigenvalue weighted by Gasteiger charge is -2.27. The molecule has 28 heavy (non-hydrogen) atoms.